The predicted molar refractivity (Wildman–Crippen MR) is 128 cm³/mol. The quantitative estimate of drug-likeness (QED) is 0.664. The maximum absolute atomic E-state index is 12.8. The molecule has 166 valence electrons. The van der Waals surface area contributed by atoms with E-state index < -0.39 is 0 Å². The Balaban J connectivity index is 1.21. The van der Waals surface area contributed by atoms with Crippen LogP contribution in [0.15, 0.2) is 42.5 Å². The van der Waals surface area contributed by atoms with E-state index in [1.807, 2.05) is 31.0 Å². The Morgan fingerprint density at radius 3 is 2.52 bits per heavy atom. The number of nitrogen functional groups attached to an aromatic ring is 1. The zero-order valence-corrected chi connectivity index (χ0v) is 19.1. The van der Waals surface area contributed by atoms with E-state index in [1.165, 1.54) is 29.7 Å². The van der Waals surface area contributed by atoms with Gasteiger partial charge < -0.3 is 20.9 Å². The summed E-state index contributed by atoms with van der Waals surface area (Å²) >= 11 is 0. The first-order valence-electron chi connectivity index (χ1n) is 11.6. The lowest BCUT2D eigenvalue weighted by atomic mass is 10.0. The number of rotatable bonds is 7. The summed E-state index contributed by atoms with van der Waals surface area (Å²) in [5, 5.41) is 3.24. The molecule has 0 radical (unpaired) electrons. The highest BCUT2D eigenvalue weighted by atomic mass is 16.2. The molecule has 5 heteroatoms. The number of likely N-dealkylation sites (N-methyl/N-ethyl adjacent to an activating group) is 1. The Labute approximate surface area is 186 Å². The molecule has 1 saturated carbocycles. The fourth-order valence-electron chi connectivity index (χ4n) is 4.87. The van der Waals surface area contributed by atoms with Crippen LogP contribution in [0.3, 0.4) is 0 Å². The molecule has 2 aromatic carbocycles. The zero-order valence-electron chi connectivity index (χ0n) is 19.1. The van der Waals surface area contributed by atoms with Crippen molar-refractivity contribution >= 4 is 17.3 Å². The number of carbonyl (C=O) groups is 1. The van der Waals surface area contributed by atoms with Gasteiger partial charge in [0.05, 0.1) is 17.9 Å². The highest BCUT2D eigenvalue weighted by Crippen LogP contribution is 2.47. The standard InChI is InChI=1S/C26H36N4O/c1-18-13-24(27)25(14-19(18)2)28-16-26(31)29(3)22-9-11-30(12-10-22)17-21-15-23(21)20-7-5-4-6-8-20/h4-8,13-14,21-23,28H,9-12,15-17,27H2,1-3H3/t21-,23-/m0/s1. The molecule has 1 aliphatic heterocycles. The second-order valence-electron chi connectivity index (χ2n) is 9.43. The number of hydrogen-bond acceptors (Lipinski definition) is 4. The molecule has 2 atom stereocenters. The largest absolute Gasteiger partial charge is 0.397 e. The lowest BCUT2D eigenvalue weighted by Gasteiger charge is -2.37. The minimum Gasteiger partial charge on any atom is -0.397 e. The van der Waals surface area contributed by atoms with Crippen molar-refractivity contribution in [2.75, 3.05) is 44.3 Å². The molecule has 1 heterocycles. The number of hydrogen-bond donors (Lipinski definition) is 2. The van der Waals surface area contributed by atoms with Crippen molar-refractivity contribution in [3.05, 3.63) is 59.2 Å². The van der Waals surface area contributed by atoms with Crippen molar-refractivity contribution in [2.45, 2.75) is 45.1 Å². The van der Waals surface area contributed by atoms with Gasteiger partial charge in [0, 0.05) is 32.7 Å². The van der Waals surface area contributed by atoms with Gasteiger partial charge in [-0.3, -0.25) is 4.79 Å². The van der Waals surface area contributed by atoms with Crippen molar-refractivity contribution in [3.63, 3.8) is 0 Å². The molecule has 2 fully saturated rings. The Kier molecular flexibility index (Phi) is 6.51. The third-order valence-corrected chi connectivity index (χ3v) is 7.24. The molecule has 4 rings (SSSR count). The van der Waals surface area contributed by atoms with Gasteiger partial charge in [0.1, 0.15) is 0 Å². The molecule has 2 aromatic rings. The molecule has 0 spiro atoms. The fraction of sp³-hybridized carbons (Fsp3) is 0.500. The summed E-state index contributed by atoms with van der Waals surface area (Å²) < 4.78 is 0. The molecule has 2 aliphatic rings. The maximum atomic E-state index is 12.8. The first-order chi connectivity index (χ1) is 14.9. The number of benzene rings is 2. The van der Waals surface area contributed by atoms with Crippen molar-refractivity contribution in [2.24, 2.45) is 5.92 Å². The van der Waals surface area contributed by atoms with Gasteiger partial charge in [-0.05, 0) is 73.8 Å². The van der Waals surface area contributed by atoms with E-state index in [4.69, 9.17) is 5.73 Å². The molecule has 1 amide bonds. The molecular weight excluding hydrogens is 384 g/mol. The number of likely N-dealkylation sites (tertiary alicyclic amines) is 1. The number of nitrogens with one attached hydrogen (secondary N) is 1. The molecule has 0 aromatic heterocycles. The first kappa shape index (κ1) is 21.7. The van der Waals surface area contributed by atoms with Crippen LogP contribution in [-0.4, -0.2) is 55.0 Å². The molecule has 0 unspecified atom stereocenters. The molecule has 5 nitrogen and oxygen atoms in total. The first-order valence-corrected chi connectivity index (χ1v) is 11.6. The number of anilines is 2. The Morgan fingerprint density at radius 1 is 1.13 bits per heavy atom. The summed E-state index contributed by atoms with van der Waals surface area (Å²) in [4.78, 5) is 17.3. The zero-order chi connectivity index (χ0) is 22.0. The van der Waals surface area contributed by atoms with E-state index >= 15 is 0 Å². The molecular formula is C26H36N4O. The van der Waals surface area contributed by atoms with E-state index in [0.717, 1.165) is 43.5 Å². The van der Waals surface area contributed by atoms with Crippen molar-refractivity contribution in [1.82, 2.24) is 9.80 Å². The molecule has 3 N–H and O–H groups in total. The van der Waals surface area contributed by atoms with Gasteiger partial charge in [-0.15, -0.1) is 0 Å². The van der Waals surface area contributed by atoms with Crippen LogP contribution in [0.2, 0.25) is 0 Å². The number of nitrogens with two attached hydrogens (primary N) is 1. The number of aryl methyl sites for hydroxylation is 2. The van der Waals surface area contributed by atoms with Crippen LogP contribution in [-0.2, 0) is 4.79 Å². The SMILES string of the molecule is Cc1cc(N)c(NCC(=O)N(C)C2CCN(C[C@@H]3C[C@H]3c3ccccc3)CC2)cc1C. The van der Waals surface area contributed by atoms with Crippen LogP contribution in [0.25, 0.3) is 0 Å². The van der Waals surface area contributed by atoms with Gasteiger partial charge in [-0.1, -0.05) is 30.3 Å². The summed E-state index contributed by atoms with van der Waals surface area (Å²) in [5.41, 5.74) is 11.5. The average molecular weight is 421 g/mol. The summed E-state index contributed by atoms with van der Waals surface area (Å²) in [6.45, 7) is 7.74. The van der Waals surface area contributed by atoms with Crippen LogP contribution >= 0.6 is 0 Å². The van der Waals surface area contributed by atoms with Crippen LogP contribution in [0, 0.1) is 19.8 Å². The maximum Gasteiger partial charge on any atom is 0.241 e. The van der Waals surface area contributed by atoms with E-state index in [2.05, 4.69) is 47.5 Å². The normalized spacial score (nSPS) is 21.6. The van der Waals surface area contributed by atoms with Crippen LogP contribution in [0.4, 0.5) is 11.4 Å². The molecule has 1 aliphatic carbocycles. The van der Waals surface area contributed by atoms with Crippen molar-refractivity contribution in [1.29, 1.82) is 0 Å². The van der Waals surface area contributed by atoms with E-state index in [1.54, 1.807) is 0 Å². The van der Waals surface area contributed by atoms with E-state index in [9.17, 15) is 4.79 Å². The predicted octanol–water partition coefficient (Wildman–Crippen LogP) is 4.02. The third kappa shape index (κ3) is 5.21. The summed E-state index contributed by atoms with van der Waals surface area (Å²) in [5.74, 6) is 1.67. The second kappa shape index (κ2) is 9.31. The fourth-order valence-corrected chi connectivity index (χ4v) is 4.87. The highest BCUT2D eigenvalue weighted by molar-refractivity contribution is 5.82. The van der Waals surface area contributed by atoms with Gasteiger partial charge in [0.25, 0.3) is 0 Å². The average Bonchev–Trinajstić information content (AvgIpc) is 3.55. The van der Waals surface area contributed by atoms with Crippen LogP contribution in [0.1, 0.15) is 41.9 Å². The van der Waals surface area contributed by atoms with Crippen molar-refractivity contribution in [3.8, 4) is 0 Å². The number of carbonyl (C=O) groups excluding carboxylic acids is 1. The van der Waals surface area contributed by atoms with Gasteiger partial charge in [0.2, 0.25) is 5.91 Å². The smallest absolute Gasteiger partial charge is 0.241 e. The van der Waals surface area contributed by atoms with Gasteiger partial charge in [0.15, 0.2) is 0 Å². The van der Waals surface area contributed by atoms with Crippen LogP contribution < -0.4 is 11.1 Å². The molecule has 0 bridgehead atoms. The topological polar surface area (TPSA) is 61.6 Å². The number of nitrogens with zero attached hydrogens (tertiary/aromatic N) is 2. The number of amides is 1. The monoisotopic (exact) mass is 420 g/mol. The Hall–Kier alpha value is -2.53. The summed E-state index contributed by atoms with van der Waals surface area (Å²) in [6.07, 6.45) is 3.42. The lowest BCUT2D eigenvalue weighted by molar-refractivity contribution is -0.130. The molecule has 1 saturated heterocycles. The molecule has 31 heavy (non-hydrogen) atoms. The summed E-state index contributed by atoms with van der Waals surface area (Å²) in [6, 6.07) is 15.2. The second-order valence-corrected chi connectivity index (χ2v) is 9.43. The Bertz CT molecular complexity index is 905. The minimum atomic E-state index is 0.127. The Morgan fingerprint density at radius 2 is 1.81 bits per heavy atom. The third-order valence-electron chi connectivity index (χ3n) is 7.24. The van der Waals surface area contributed by atoms with Crippen LogP contribution in [0.5, 0.6) is 0 Å². The highest BCUT2D eigenvalue weighted by Gasteiger charge is 2.39. The van der Waals surface area contributed by atoms with E-state index in [0.29, 0.717) is 11.7 Å². The lowest BCUT2D eigenvalue weighted by Crippen LogP contribution is -2.47. The number of piperidine rings is 1. The van der Waals surface area contributed by atoms with Gasteiger partial charge in [-0.25, -0.2) is 0 Å². The van der Waals surface area contributed by atoms with E-state index in [-0.39, 0.29) is 12.5 Å². The van der Waals surface area contributed by atoms with Gasteiger partial charge >= 0.3 is 0 Å². The van der Waals surface area contributed by atoms with Gasteiger partial charge in [-0.2, -0.15) is 0 Å². The minimum absolute atomic E-state index is 0.127. The van der Waals surface area contributed by atoms with Crippen molar-refractivity contribution < 1.29 is 4.79 Å². The summed E-state index contributed by atoms with van der Waals surface area (Å²) in [7, 11) is 1.94.